The SMILES string of the molecule is O=C(CCn1c(=O)oc2cc(Cl)ccc21)N[C@H]1CCCNC1. The van der Waals surface area contributed by atoms with E-state index in [-0.39, 0.29) is 18.4 Å². The smallest absolute Gasteiger partial charge is 0.408 e. The van der Waals surface area contributed by atoms with Crippen LogP contribution in [0, 0.1) is 0 Å². The Bertz CT molecular complexity index is 731. The minimum Gasteiger partial charge on any atom is -0.408 e. The van der Waals surface area contributed by atoms with Crippen LogP contribution in [0.25, 0.3) is 11.1 Å². The molecule has 0 unspecified atom stereocenters. The third-order valence-corrected chi connectivity index (χ3v) is 4.09. The Kier molecular flexibility index (Phi) is 4.49. The number of hydrogen-bond donors (Lipinski definition) is 2. The van der Waals surface area contributed by atoms with Gasteiger partial charge in [-0.1, -0.05) is 11.6 Å². The van der Waals surface area contributed by atoms with Crippen LogP contribution < -0.4 is 16.4 Å². The molecule has 1 aromatic heterocycles. The number of nitrogens with one attached hydrogen (secondary N) is 2. The zero-order valence-corrected chi connectivity index (χ0v) is 12.9. The Morgan fingerprint density at radius 2 is 2.36 bits per heavy atom. The molecule has 22 heavy (non-hydrogen) atoms. The van der Waals surface area contributed by atoms with Crippen molar-refractivity contribution < 1.29 is 9.21 Å². The van der Waals surface area contributed by atoms with E-state index in [1.54, 1.807) is 18.2 Å². The molecule has 1 fully saturated rings. The summed E-state index contributed by atoms with van der Waals surface area (Å²) >= 11 is 5.87. The minimum absolute atomic E-state index is 0.0519. The highest BCUT2D eigenvalue weighted by molar-refractivity contribution is 6.31. The van der Waals surface area contributed by atoms with Gasteiger partial charge in [-0.05, 0) is 31.5 Å². The predicted octanol–water partition coefficient (Wildman–Crippen LogP) is 1.51. The molecule has 1 aromatic carbocycles. The first-order valence-electron chi connectivity index (χ1n) is 7.42. The van der Waals surface area contributed by atoms with Crippen LogP contribution in [0.5, 0.6) is 0 Å². The van der Waals surface area contributed by atoms with Crippen LogP contribution in [-0.2, 0) is 11.3 Å². The first-order valence-corrected chi connectivity index (χ1v) is 7.80. The highest BCUT2D eigenvalue weighted by Crippen LogP contribution is 2.18. The van der Waals surface area contributed by atoms with E-state index in [0.29, 0.717) is 22.7 Å². The van der Waals surface area contributed by atoms with Gasteiger partial charge >= 0.3 is 5.76 Å². The number of amides is 1. The van der Waals surface area contributed by atoms with Gasteiger partial charge in [-0.25, -0.2) is 4.79 Å². The highest BCUT2D eigenvalue weighted by Gasteiger charge is 2.16. The van der Waals surface area contributed by atoms with E-state index in [1.807, 2.05) is 0 Å². The molecular formula is C15H18ClN3O3. The van der Waals surface area contributed by atoms with E-state index in [1.165, 1.54) is 4.57 Å². The third-order valence-electron chi connectivity index (χ3n) is 3.85. The zero-order valence-electron chi connectivity index (χ0n) is 12.1. The van der Waals surface area contributed by atoms with Crippen molar-refractivity contribution in [1.29, 1.82) is 0 Å². The molecule has 0 saturated carbocycles. The van der Waals surface area contributed by atoms with Gasteiger partial charge in [0.2, 0.25) is 5.91 Å². The number of fused-ring (bicyclic) bond motifs is 1. The number of carbonyl (C=O) groups excluding carboxylic acids is 1. The molecule has 2 heterocycles. The average Bonchev–Trinajstić information content (AvgIpc) is 2.80. The van der Waals surface area contributed by atoms with E-state index in [4.69, 9.17) is 16.0 Å². The van der Waals surface area contributed by atoms with Crippen molar-refractivity contribution in [1.82, 2.24) is 15.2 Å². The second-order valence-electron chi connectivity index (χ2n) is 5.49. The number of oxazole rings is 1. The maximum Gasteiger partial charge on any atom is 0.419 e. The summed E-state index contributed by atoms with van der Waals surface area (Å²) in [6.45, 7) is 2.10. The first kappa shape index (κ1) is 15.1. The molecule has 1 atom stereocenters. The minimum atomic E-state index is -0.468. The van der Waals surface area contributed by atoms with E-state index < -0.39 is 5.76 Å². The fourth-order valence-electron chi connectivity index (χ4n) is 2.74. The Balaban J connectivity index is 1.64. The summed E-state index contributed by atoms with van der Waals surface area (Å²) in [7, 11) is 0. The van der Waals surface area contributed by atoms with Crippen molar-refractivity contribution in [2.45, 2.75) is 31.8 Å². The number of piperidine rings is 1. The summed E-state index contributed by atoms with van der Waals surface area (Å²) in [6.07, 6.45) is 2.30. The molecule has 7 heteroatoms. The molecule has 0 bridgehead atoms. The van der Waals surface area contributed by atoms with Gasteiger partial charge < -0.3 is 15.1 Å². The molecule has 2 N–H and O–H groups in total. The molecule has 1 aliphatic heterocycles. The standard InChI is InChI=1S/C15H18ClN3O3/c16-10-3-4-12-13(8-10)22-15(21)19(12)7-5-14(20)18-11-2-1-6-17-9-11/h3-4,8,11,17H,1-2,5-7,9H2,(H,18,20)/t11-/m0/s1. The normalized spacial score (nSPS) is 18.5. The number of benzene rings is 1. The molecule has 118 valence electrons. The Morgan fingerprint density at radius 3 is 3.14 bits per heavy atom. The van der Waals surface area contributed by atoms with Gasteiger partial charge in [0.15, 0.2) is 5.58 Å². The monoisotopic (exact) mass is 323 g/mol. The van der Waals surface area contributed by atoms with E-state index in [2.05, 4.69) is 10.6 Å². The molecule has 0 spiro atoms. The van der Waals surface area contributed by atoms with Gasteiger partial charge in [0.05, 0.1) is 5.52 Å². The molecular weight excluding hydrogens is 306 g/mol. The lowest BCUT2D eigenvalue weighted by Crippen LogP contribution is -2.45. The predicted molar refractivity (Wildman–Crippen MR) is 84.1 cm³/mol. The summed E-state index contributed by atoms with van der Waals surface area (Å²) in [5.41, 5.74) is 1.09. The molecule has 0 radical (unpaired) electrons. The molecule has 1 aliphatic rings. The van der Waals surface area contributed by atoms with Gasteiger partial charge in [0, 0.05) is 36.6 Å². The second-order valence-corrected chi connectivity index (χ2v) is 5.93. The maximum atomic E-state index is 12.0. The largest absolute Gasteiger partial charge is 0.419 e. The Morgan fingerprint density at radius 1 is 1.50 bits per heavy atom. The van der Waals surface area contributed by atoms with Crippen LogP contribution in [0.2, 0.25) is 5.02 Å². The van der Waals surface area contributed by atoms with Crippen molar-refractivity contribution in [3.8, 4) is 0 Å². The van der Waals surface area contributed by atoms with Crippen LogP contribution in [0.1, 0.15) is 19.3 Å². The van der Waals surface area contributed by atoms with Gasteiger partial charge in [-0.2, -0.15) is 0 Å². The van der Waals surface area contributed by atoms with Crippen molar-refractivity contribution in [2.24, 2.45) is 0 Å². The topological polar surface area (TPSA) is 76.3 Å². The van der Waals surface area contributed by atoms with E-state index >= 15 is 0 Å². The number of halogens is 1. The molecule has 1 saturated heterocycles. The molecule has 6 nitrogen and oxygen atoms in total. The molecule has 3 rings (SSSR count). The van der Waals surface area contributed by atoms with Crippen LogP contribution >= 0.6 is 11.6 Å². The van der Waals surface area contributed by atoms with Crippen LogP contribution in [-0.4, -0.2) is 29.6 Å². The summed E-state index contributed by atoms with van der Waals surface area (Å²) < 4.78 is 6.61. The third kappa shape index (κ3) is 3.34. The van der Waals surface area contributed by atoms with Gasteiger partial charge in [0.1, 0.15) is 0 Å². The van der Waals surface area contributed by atoms with Crippen molar-refractivity contribution in [3.05, 3.63) is 33.8 Å². The van der Waals surface area contributed by atoms with Gasteiger partial charge in [-0.15, -0.1) is 0 Å². The van der Waals surface area contributed by atoms with Gasteiger partial charge in [-0.3, -0.25) is 9.36 Å². The van der Waals surface area contributed by atoms with Crippen LogP contribution in [0.3, 0.4) is 0 Å². The number of nitrogens with zero attached hydrogens (tertiary/aromatic N) is 1. The first-order chi connectivity index (χ1) is 10.6. The number of carbonyl (C=O) groups is 1. The quantitative estimate of drug-likeness (QED) is 0.894. The lowest BCUT2D eigenvalue weighted by molar-refractivity contribution is -0.122. The summed E-state index contributed by atoms with van der Waals surface area (Å²) in [5, 5.41) is 6.75. The maximum absolute atomic E-state index is 12.0. The Hall–Kier alpha value is -1.79. The summed E-state index contributed by atoms with van der Waals surface area (Å²) in [6, 6.07) is 5.20. The second kappa shape index (κ2) is 6.54. The average molecular weight is 324 g/mol. The van der Waals surface area contributed by atoms with Gasteiger partial charge in [0.25, 0.3) is 0 Å². The molecule has 1 amide bonds. The number of aromatic nitrogens is 1. The van der Waals surface area contributed by atoms with E-state index in [9.17, 15) is 9.59 Å². The van der Waals surface area contributed by atoms with Crippen LogP contribution in [0.4, 0.5) is 0 Å². The summed E-state index contributed by atoms with van der Waals surface area (Å²) in [5.74, 6) is -0.520. The number of hydrogen-bond acceptors (Lipinski definition) is 4. The van der Waals surface area contributed by atoms with Crippen molar-refractivity contribution in [3.63, 3.8) is 0 Å². The number of rotatable bonds is 4. The van der Waals surface area contributed by atoms with Crippen LogP contribution in [0.15, 0.2) is 27.4 Å². The fraction of sp³-hybridized carbons (Fsp3) is 0.467. The van der Waals surface area contributed by atoms with Crippen molar-refractivity contribution >= 4 is 28.6 Å². The lowest BCUT2D eigenvalue weighted by Gasteiger charge is -2.23. The molecule has 0 aliphatic carbocycles. The number of aryl methyl sites for hydroxylation is 1. The molecule has 2 aromatic rings. The van der Waals surface area contributed by atoms with Crippen molar-refractivity contribution in [2.75, 3.05) is 13.1 Å². The Labute approximate surface area is 132 Å². The lowest BCUT2D eigenvalue weighted by atomic mass is 10.1. The fourth-order valence-corrected chi connectivity index (χ4v) is 2.90. The zero-order chi connectivity index (χ0) is 15.5. The van der Waals surface area contributed by atoms with E-state index in [0.717, 1.165) is 25.9 Å². The highest BCUT2D eigenvalue weighted by atomic mass is 35.5. The summed E-state index contributed by atoms with van der Waals surface area (Å²) in [4.78, 5) is 23.9.